The van der Waals surface area contributed by atoms with Gasteiger partial charge in [-0.3, -0.25) is 10.1 Å². The Morgan fingerprint density at radius 2 is 2.06 bits per heavy atom. The van der Waals surface area contributed by atoms with Crippen molar-refractivity contribution in [2.75, 3.05) is 5.32 Å². The molecule has 2 aromatic heterocycles. The van der Waals surface area contributed by atoms with Gasteiger partial charge in [-0.05, 0) is 12.1 Å². The van der Waals surface area contributed by atoms with Crippen molar-refractivity contribution >= 4 is 17.8 Å². The number of nitrogens with one attached hydrogen (secondary N) is 1. The van der Waals surface area contributed by atoms with E-state index in [-0.39, 0.29) is 23.7 Å². The van der Waals surface area contributed by atoms with Crippen LogP contribution in [0.4, 0.5) is 5.95 Å². The fourth-order valence-corrected chi connectivity index (χ4v) is 1.35. The Kier molecular flexibility index (Phi) is 3.33. The van der Waals surface area contributed by atoms with Gasteiger partial charge in [0.15, 0.2) is 0 Å². The number of hydrogen-bond donors (Lipinski definition) is 2. The zero-order chi connectivity index (χ0) is 13.0. The van der Waals surface area contributed by atoms with Crippen molar-refractivity contribution in [2.45, 2.75) is 6.42 Å². The average Bonchev–Trinajstić information content (AvgIpc) is 2.78. The highest BCUT2D eigenvalue weighted by Crippen LogP contribution is 2.11. The molecule has 7 heteroatoms. The van der Waals surface area contributed by atoms with E-state index in [1.165, 1.54) is 24.7 Å². The predicted molar refractivity (Wildman–Crippen MR) is 60.0 cm³/mol. The summed E-state index contributed by atoms with van der Waals surface area (Å²) in [4.78, 5) is 30.0. The molecule has 0 aromatic carbocycles. The molecule has 18 heavy (non-hydrogen) atoms. The highest BCUT2D eigenvalue weighted by molar-refractivity contribution is 5.94. The molecule has 0 saturated carbocycles. The Bertz CT molecular complexity index is 565. The second kappa shape index (κ2) is 5.09. The summed E-state index contributed by atoms with van der Waals surface area (Å²) in [5.74, 6) is -1.33. The molecule has 92 valence electrons. The quantitative estimate of drug-likeness (QED) is 0.833. The van der Waals surface area contributed by atoms with E-state index in [9.17, 15) is 9.59 Å². The molecule has 2 rings (SSSR count). The van der Waals surface area contributed by atoms with E-state index in [1.807, 2.05) is 0 Å². The lowest BCUT2D eigenvalue weighted by molar-refractivity contribution is -0.115. The number of amides is 1. The van der Waals surface area contributed by atoms with Crippen LogP contribution in [0.3, 0.4) is 0 Å². The Morgan fingerprint density at radius 1 is 1.33 bits per heavy atom. The minimum atomic E-state index is -1.14. The van der Waals surface area contributed by atoms with Gasteiger partial charge in [0.25, 0.3) is 0 Å². The molecule has 0 spiro atoms. The normalized spacial score (nSPS) is 10.0. The number of carboxylic acids is 1. The minimum Gasteiger partial charge on any atom is -0.478 e. The van der Waals surface area contributed by atoms with Gasteiger partial charge in [0.1, 0.15) is 11.3 Å². The lowest BCUT2D eigenvalue weighted by Crippen LogP contribution is -2.17. The zero-order valence-corrected chi connectivity index (χ0v) is 9.16. The number of carbonyl (C=O) groups is 2. The van der Waals surface area contributed by atoms with Crippen LogP contribution in [0.2, 0.25) is 0 Å². The van der Waals surface area contributed by atoms with Crippen LogP contribution in [0.15, 0.2) is 35.2 Å². The number of hydrogen-bond acceptors (Lipinski definition) is 5. The molecule has 0 saturated heterocycles. The second-order valence-electron chi connectivity index (χ2n) is 3.36. The summed E-state index contributed by atoms with van der Waals surface area (Å²) in [7, 11) is 0. The Labute approximate surface area is 101 Å². The van der Waals surface area contributed by atoms with Crippen LogP contribution in [0.1, 0.15) is 16.1 Å². The largest absolute Gasteiger partial charge is 0.478 e. The molecule has 1 amide bonds. The summed E-state index contributed by atoms with van der Waals surface area (Å²) in [6, 6.07) is 2.91. The number of nitrogens with zero attached hydrogens (tertiary/aromatic N) is 2. The van der Waals surface area contributed by atoms with Gasteiger partial charge in [-0.1, -0.05) is 0 Å². The van der Waals surface area contributed by atoms with Crippen molar-refractivity contribution in [1.82, 2.24) is 9.97 Å². The van der Waals surface area contributed by atoms with Crippen LogP contribution in [0.5, 0.6) is 0 Å². The first kappa shape index (κ1) is 11.8. The van der Waals surface area contributed by atoms with Crippen molar-refractivity contribution < 1.29 is 19.1 Å². The van der Waals surface area contributed by atoms with Crippen LogP contribution in [-0.4, -0.2) is 27.0 Å². The second-order valence-corrected chi connectivity index (χ2v) is 3.36. The number of rotatable bonds is 4. The number of carbonyl (C=O) groups excluding carboxylic acids is 1. The topological polar surface area (TPSA) is 105 Å². The van der Waals surface area contributed by atoms with Gasteiger partial charge in [0.05, 0.1) is 12.7 Å². The number of anilines is 1. The maximum Gasteiger partial charge on any atom is 0.339 e. The lowest BCUT2D eigenvalue weighted by atomic mass is 10.2. The van der Waals surface area contributed by atoms with Crippen molar-refractivity contribution in [3.8, 4) is 0 Å². The third-order valence-corrected chi connectivity index (χ3v) is 2.11. The van der Waals surface area contributed by atoms with Crippen LogP contribution < -0.4 is 5.32 Å². The first-order chi connectivity index (χ1) is 8.66. The molecule has 0 aliphatic carbocycles. The highest BCUT2D eigenvalue weighted by Gasteiger charge is 2.16. The number of aromatic nitrogens is 2. The van der Waals surface area contributed by atoms with Crippen molar-refractivity contribution in [3.05, 3.63) is 42.1 Å². The molecule has 0 atom stereocenters. The van der Waals surface area contributed by atoms with Gasteiger partial charge in [0.2, 0.25) is 11.9 Å². The minimum absolute atomic E-state index is 0.0286. The maximum absolute atomic E-state index is 11.6. The first-order valence-corrected chi connectivity index (χ1v) is 5.03. The molecule has 0 unspecified atom stereocenters. The molecular formula is C11H9N3O4. The number of carboxylic acid groups (broad SMARTS) is 1. The van der Waals surface area contributed by atoms with Crippen LogP contribution in [-0.2, 0) is 11.2 Å². The van der Waals surface area contributed by atoms with Crippen LogP contribution in [0, 0.1) is 0 Å². The van der Waals surface area contributed by atoms with Crippen LogP contribution in [0.25, 0.3) is 0 Å². The fraction of sp³-hybridized carbons (Fsp3) is 0.0909. The smallest absolute Gasteiger partial charge is 0.339 e. The molecule has 7 nitrogen and oxygen atoms in total. The molecule has 0 bridgehead atoms. The number of furan rings is 1. The van der Waals surface area contributed by atoms with E-state index in [0.29, 0.717) is 0 Å². The molecular weight excluding hydrogens is 238 g/mol. The van der Waals surface area contributed by atoms with E-state index in [4.69, 9.17) is 9.52 Å². The van der Waals surface area contributed by atoms with Gasteiger partial charge in [-0.15, -0.1) is 0 Å². The van der Waals surface area contributed by atoms with E-state index in [0.717, 1.165) is 0 Å². The third kappa shape index (κ3) is 2.70. The lowest BCUT2D eigenvalue weighted by Gasteiger charge is -2.01. The van der Waals surface area contributed by atoms with Gasteiger partial charge >= 0.3 is 5.97 Å². The summed E-state index contributed by atoms with van der Waals surface area (Å²) in [5, 5.41) is 11.3. The summed E-state index contributed by atoms with van der Waals surface area (Å²) < 4.78 is 4.95. The zero-order valence-electron chi connectivity index (χ0n) is 9.16. The SMILES string of the molecule is O=C(Cc1occc1C(=O)O)Nc1ncccn1. The molecule has 0 aliphatic heterocycles. The first-order valence-electron chi connectivity index (χ1n) is 5.03. The van der Waals surface area contributed by atoms with Crippen molar-refractivity contribution in [3.63, 3.8) is 0 Å². The fourth-order valence-electron chi connectivity index (χ4n) is 1.35. The summed E-state index contributed by atoms with van der Waals surface area (Å²) in [6.07, 6.45) is 4.01. The Morgan fingerprint density at radius 3 is 2.72 bits per heavy atom. The summed E-state index contributed by atoms with van der Waals surface area (Å²) in [5.41, 5.74) is -0.0286. The van der Waals surface area contributed by atoms with Gasteiger partial charge < -0.3 is 9.52 Å². The maximum atomic E-state index is 11.6. The monoisotopic (exact) mass is 247 g/mol. The molecule has 0 fully saturated rings. The van der Waals surface area contributed by atoms with Gasteiger partial charge in [-0.2, -0.15) is 0 Å². The average molecular weight is 247 g/mol. The molecule has 2 heterocycles. The van der Waals surface area contributed by atoms with Crippen molar-refractivity contribution in [1.29, 1.82) is 0 Å². The summed E-state index contributed by atoms with van der Waals surface area (Å²) >= 11 is 0. The molecule has 0 radical (unpaired) electrons. The van der Waals surface area contributed by atoms with Gasteiger partial charge in [0, 0.05) is 12.4 Å². The van der Waals surface area contributed by atoms with Crippen molar-refractivity contribution in [2.24, 2.45) is 0 Å². The standard InChI is InChI=1S/C11H9N3O4/c15-9(14-11-12-3-1-4-13-11)6-8-7(10(16)17)2-5-18-8/h1-5H,6H2,(H,16,17)(H,12,13,14,15). The molecule has 2 N–H and O–H groups in total. The Hall–Kier alpha value is -2.70. The summed E-state index contributed by atoms with van der Waals surface area (Å²) in [6.45, 7) is 0. The Balaban J connectivity index is 2.04. The highest BCUT2D eigenvalue weighted by atomic mass is 16.4. The predicted octanol–water partition coefficient (Wildman–Crippen LogP) is 0.949. The number of aromatic carboxylic acids is 1. The molecule has 2 aromatic rings. The van der Waals surface area contributed by atoms with Gasteiger partial charge in [-0.25, -0.2) is 14.8 Å². The van der Waals surface area contributed by atoms with Crippen LogP contribution >= 0.6 is 0 Å². The van der Waals surface area contributed by atoms with E-state index in [1.54, 1.807) is 6.07 Å². The van der Waals surface area contributed by atoms with E-state index < -0.39 is 11.9 Å². The molecule has 0 aliphatic rings. The van der Waals surface area contributed by atoms with E-state index in [2.05, 4.69) is 15.3 Å². The third-order valence-electron chi connectivity index (χ3n) is 2.11. The van der Waals surface area contributed by atoms with E-state index >= 15 is 0 Å².